The van der Waals surface area contributed by atoms with Gasteiger partial charge in [0.25, 0.3) is 0 Å². The Morgan fingerprint density at radius 1 is 1.38 bits per heavy atom. The summed E-state index contributed by atoms with van der Waals surface area (Å²) in [5, 5.41) is 0. The standard InChI is InChI=1S/C16H23FN4/c1-12(16(18)13-6-4-5-7-14(13)17)10-20(2)11-15-19-8-9-21(15)3/h4-9,12,16H,10-11,18H2,1-3H3. The normalized spacial score (nSPS) is 14.4. The maximum absolute atomic E-state index is 13.8. The molecule has 0 saturated carbocycles. The van der Waals surface area contributed by atoms with Crippen LogP contribution in [0, 0.1) is 11.7 Å². The van der Waals surface area contributed by atoms with Crippen LogP contribution in [0.4, 0.5) is 4.39 Å². The first-order chi connectivity index (χ1) is 9.99. The van der Waals surface area contributed by atoms with E-state index in [0.29, 0.717) is 5.56 Å². The second-order valence-electron chi connectivity index (χ2n) is 5.68. The van der Waals surface area contributed by atoms with Crippen LogP contribution in [0.15, 0.2) is 36.7 Å². The van der Waals surface area contributed by atoms with Crippen molar-refractivity contribution in [2.45, 2.75) is 19.5 Å². The van der Waals surface area contributed by atoms with Gasteiger partial charge in [-0.3, -0.25) is 4.90 Å². The second-order valence-corrected chi connectivity index (χ2v) is 5.68. The van der Waals surface area contributed by atoms with Crippen molar-refractivity contribution >= 4 is 0 Å². The Labute approximate surface area is 125 Å². The number of imidazole rings is 1. The number of hydrogen-bond acceptors (Lipinski definition) is 3. The Balaban J connectivity index is 1.96. The Kier molecular flexibility index (Phi) is 5.09. The van der Waals surface area contributed by atoms with Gasteiger partial charge in [-0.15, -0.1) is 0 Å². The van der Waals surface area contributed by atoms with Crippen LogP contribution in [-0.2, 0) is 13.6 Å². The van der Waals surface area contributed by atoms with E-state index in [1.54, 1.807) is 18.3 Å². The number of aryl methyl sites for hydroxylation is 1. The molecule has 114 valence electrons. The number of aromatic nitrogens is 2. The van der Waals surface area contributed by atoms with Gasteiger partial charge in [0.05, 0.1) is 6.54 Å². The minimum absolute atomic E-state index is 0.146. The molecule has 0 aliphatic heterocycles. The number of rotatable bonds is 6. The van der Waals surface area contributed by atoms with Gasteiger partial charge in [-0.25, -0.2) is 9.37 Å². The van der Waals surface area contributed by atoms with E-state index in [1.807, 2.05) is 37.8 Å². The van der Waals surface area contributed by atoms with Crippen molar-refractivity contribution in [1.82, 2.24) is 14.5 Å². The monoisotopic (exact) mass is 290 g/mol. The summed E-state index contributed by atoms with van der Waals surface area (Å²) in [6, 6.07) is 6.41. The number of nitrogens with two attached hydrogens (primary N) is 1. The number of halogens is 1. The van der Waals surface area contributed by atoms with Crippen molar-refractivity contribution in [2.75, 3.05) is 13.6 Å². The lowest BCUT2D eigenvalue weighted by Crippen LogP contribution is -2.31. The minimum Gasteiger partial charge on any atom is -0.337 e. The maximum Gasteiger partial charge on any atom is 0.127 e. The summed E-state index contributed by atoms with van der Waals surface area (Å²) in [6.45, 7) is 3.58. The van der Waals surface area contributed by atoms with E-state index in [4.69, 9.17) is 5.73 Å². The van der Waals surface area contributed by atoms with E-state index in [0.717, 1.165) is 18.9 Å². The van der Waals surface area contributed by atoms with Crippen molar-refractivity contribution in [1.29, 1.82) is 0 Å². The second kappa shape index (κ2) is 6.83. The first-order valence-electron chi connectivity index (χ1n) is 7.13. The molecule has 0 amide bonds. The highest BCUT2D eigenvalue weighted by Gasteiger charge is 2.19. The predicted octanol–water partition coefficient (Wildman–Crippen LogP) is 2.33. The lowest BCUT2D eigenvalue weighted by Gasteiger charge is -2.26. The fourth-order valence-corrected chi connectivity index (χ4v) is 2.51. The highest BCUT2D eigenvalue weighted by molar-refractivity contribution is 5.21. The van der Waals surface area contributed by atoms with Crippen LogP contribution < -0.4 is 5.73 Å². The molecule has 0 spiro atoms. The topological polar surface area (TPSA) is 47.1 Å². The van der Waals surface area contributed by atoms with Crippen molar-refractivity contribution in [3.63, 3.8) is 0 Å². The average Bonchev–Trinajstić information content (AvgIpc) is 2.84. The molecule has 0 aliphatic rings. The summed E-state index contributed by atoms with van der Waals surface area (Å²) in [5.41, 5.74) is 6.78. The molecular formula is C16H23FN4. The number of hydrogen-bond donors (Lipinski definition) is 1. The molecule has 0 saturated heterocycles. The molecule has 1 aromatic carbocycles. The lowest BCUT2D eigenvalue weighted by atomic mass is 9.94. The lowest BCUT2D eigenvalue weighted by molar-refractivity contribution is 0.249. The Morgan fingerprint density at radius 2 is 2.10 bits per heavy atom. The number of benzene rings is 1. The van der Waals surface area contributed by atoms with Crippen LogP contribution in [0.1, 0.15) is 24.4 Å². The molecule has 2 unspecified atom stereocenters. The Hall–Kier alpha value is -1.72. The van der Waals surface area contributed by atoms with Crippen molar-refractivity contribution < 1.29 is 4.39 Å². The van der Waals surface area contributed by atoms with Gasteiger partial charge >= 0.3 is 0 Å². The van der Waals surface area contributed by atoms with Gasteiger partial charge < -0.3 is 10.3 Å². The summed E-state index contributed by atoms with van der Waals surface area (Å²) in [4.78, 5) is 6.47. The van der Waals surface area contributed by atoms with Crippen molar-refractivity contribution in [3.8, 4) is 0 Å². The average molecular weight is 290 g/mol. The molecule has 1 aromatic heterocycles. The molecule has 0 fully saturated rings. The fraction of sp³-hybridized carbons (Fsp3) is 0.438. The maximum atomic E-state index is 13.8. The molecule has 2 N–H and O–H groups in total. The minimum atomic E-state index is -0.310. The van der Waals surface area contributed by atoms with Crippen LogP contribution in [0.3, 0.4) is 0 Å². The van der Waals surface area contributed by atoms with E-state index < -0.39 is 0 Å². The van der Waals surface area contributed by atoms with E-state index >= 15 is 0 Å². The summed E-state index contributed by atoms with van der Waals surface area (Å²) in [6.07, 6.45) is 3.72. The zero-order valence-electron chi connectivity index (χ0n) is 12.8. The van der Waals surface area contributed by atoms with Gasteiger partial charge in [0, 0.05) is 37.6 Å². The largest absolute Gasteiger partial charge is 0.337 e. The van der Waals surface area contributed by atoms with Gasteiger partial charge in [-0.05, 0) is 19.0 Å². The quantitative estimate of drug-likeness (QED) is 0.888. The SMILES string of the molecule is CC(CN(C)Cc1nccn1C)C(N)c1ccccc1F. The smallest absolute Gasteiger partial charge is 0.127 e. The van der Waals surface area contributed by atoms with E-state index in [-0.39, 0.29) is 17.8 Å². The van der Waals surface area contributed by atoms with Gasteiger partial charge in [0.15, 0.2) is 0 Å². The summed E-state index contributed by atoms with van der Waals surface area (Å²) in [7, 11) is 4.00. The van der Waals surface area contributed by atoms with Crippen molar-refractivity contribution in [2.24, 2.45) is 18.7 Å². The fourth-order valence-electron chi connectivity index (χ4n) is 2.51. The third-order valence-electron chi connectivity index (χ3n) is 3.81. The molecular weight excluding hydrogens is 267 g/mol. The van der Waals surface area contributed by atoms with Gasteiger partial charge in [0.1, 0.15) is 11.6 Å². The molecule has 2 rings (SSSR count). The highest BCUT2D eigenvalue weighted by Crippen LogP contribution is 2.22. The van der Waals surface area contributed by atoms with Gasteiger partial charge in [0.2, 0.25) is 0 Å². The Bertz CT molecular complexity index is 581. The zero-order chi connectivity index (χ0) is 15.4. The summed E-state index contributed by atoms with van der Waals surface area (Å²) < 4.78 is 15.8. The Morgan fingerprint density at radius 3 is 2.71 bits per heavy atom. The van der Waals surface area contributed by atoms with Crippen molar-refractivity contribution in [3.05, 3.63) is 53.9 Å². The van der Waals surface area contributed by atoms with Crippen LogP contribution >= 0.6 is 0 Å². The van der Waals surface area contributed by atoms with Crippen LogP contribution in [0.25, 0.3) is 0 Å². The molecule has 0 aliphatic carbocycles. The van der Waals surface area contributed by atoms with Crippen LogP contribution in [0.2, 0.25) is 0 Å². The first kappa shape index (κ1) is 15.7. The molecule has 4 nitrogen and oxygen atoms in total. The predicted molar refractivity (Wildman–Crippen MR) is 82.0 cm³/mol. The molecule has 2 atom stereocenters. The van der Waals surface area contributed by atoms with E-state index in [1.165, 1.54) is 6.07 Å². The van der Waals surface area contributed by atoms with Gasteiger partial charge in [-0.2, -0.15) is 0 Å². The molecule has 21 heavy (non-hydrogen) atoms. The third-order valence-corrected chi connectivity index (χ3v) is 3.81. The molecule has 2 aromatic rings. The van der Waals surface area contributed by atoms with Gasteiger partial charge in [-0.1, -0.05) is 25.1 Å². The third kappa shape index (κ3) is 3.89. The highest BCUT2D eigenvalue weighted by atomic mass is 19.1. The first-order valence-corrected chi connectivity index (χ1v) is 7.13. The zero-order valence-corrected chi connectivity index (χ0v) is 12.8. The molecule has 5 heteroatoms. The summed E-state index contributed by atoms with van der Waals surface area (Å²) >= 11 is 0. The van der Waals surface area contributed by atoms with E-state index in [9.17, 15) is 4.39 Å². The number of nitrogens with zero attached hydrogens (tertiary/aromatic N) is 3. The van der Waals surface area contributed by atoms with E-state index in [2.05, 4.69) is 9.88 Å². The van der Waals surface area contributed by atoms with Crippen LogP contribution in [-0.4, -0.2) is 28.0 Å². The summed E-state index contributed by atoms with van der Waals surface area (Å²) in [5.74, 6) is 0.917. The molecule has 1 heterocycles. The molecule has 0 bridgehead atoms. The molecule has 0 radical (unpaired) electrons. The van der Waals surface area contributed by atoms with Crippen LogP contribution in [0.5, 0.6) is 0 Å².